The van der Waals surface area contributed by atoms with Crippen molar-refractivity contribution >= 4 is 41.0 Å². The Bertz CT molecular complexity index is 1490. The molecule has 0 aliphatic heterocycles. The summed E-state index contributed by atoms with van der Waals surface area (Å²) < 4.78 is 86.9. The van der Waals surface area contributed by atoms with Crippen LogP contribution in [0, 0.1) is 17.2 Å². The molecule has 9 nitrogen and oxygen atoms in total. The number of nitrogens with two attached hydrogens (primary N) is 1. The molecule has 2 aromatic rings. The highest BCUT2D eigenvalue weighted by atomic mass is 35.5. The number of ether oxygens (including phenoxy) is 1. The first-order valence-corrected chi connectivity index (χ1v) is 12.6. The molecule has 3 rings (SSSR count). The van der Waals surface area contributed by atoms with E-state index in [-0.39, 0.29) is 41.5 Å². The van der Waals surface area contributed by atoms with Gasteiger partial charge in [-0.1, -0.05) is 31.5 Å². The molecule has 16 heteroatoms. The quantitative estimate of drug-likeness (QED) is 0.265. The van der Waals surface area contributed by atoms with E-state index in [1.54, 1.807) is 13.8 Å². The fourth-order valence-electron chi connectivity index (χ4n) is 3.85. The van der Waals surface area contributed by atoms with Crippen LogP contribution in [0.25, 0.3) is 5.57 Å². The molecule has 1 aromatic heterocycles. The number of carbonyl (C=O) groups is 2. The zero-order valence-electron chi connectivity index (χ0n) is 22.6. The van der Waals surface area contributed by atoms with Crippen LogP contribution >= 0.6 is 11.6 Å². The molecule has 0 saturated heterocycles. The van der Waals surface area contributed by atoms with Crippen LogP contribution < -0.4 is 10.5 Å². The molecule has 0 atom stereocenters. The lowest BCUT2D eigenvalue weighted by atomic mass is 10.0. The predicted octanol–water partition coefficient (Wildman–Crippen LogP) is 5.80. The number of rotatable bonds is 10. The summed E-state index contributed by atoms with van der Waals surface area (Å²) in [6.45, 7) is -0.666. The number of nitrogens with zero attached hydrogens (tertiary/aromatic N) is 5. The van der Waals surface area contributed by atoms with Crippen LogP contribution in [-0.2, 0) is 17.8 Å². The molecule has 1 heterocycles. The molecular formula is C26H25ClF6N6O3. The molecule has 0 bridgehead atoms. The highest BCUT2D eigenvalue weighted by Gasteiger charge is 2.58. The fourth-order valence-corrected chi connectivity index (χ4v) is 4.05. The van der Waals surface area contributed by atoms with Crippen LogP contribution in [0.3, 0.4) is 0 Å². The van der Waals surface area contributed by atoms with Gasteiger partial charge in [0.05, 0.1) is 16.7 Å². The molecule has 0 spiro atoms. The number of alkyl halides is 6. The second-order valence-electron chi connectivity index (χ2n) is 9.82. The van der Waals surface area contributed by atoms with E-state index in [9.17, 15) is 41.2 Å². The third-order valence-electron chi connectivity index (χ3n) is 6.34. The Balaban J connectivity index is 2.07. The highest BCUT2D eigenvalue weighted by Crippen LogP contribution is 2.48. The van der Waals surface area contributed by atoms with Crippen LogP contribution in [-0.4, -0.2) is 50.8 Å². The number of allylic oxidation sites excluding steroid dienone is 1. The van der Waals surface area contributed by atoms with E-state index in [1.807, 2.05) is 6.07 Å². The van der Waals surface area contributed by atoms with Gasteiger partial charge >= 0.3 is 18.5 Å². The maximum Gasteiger partial charge on any atom is 0.387 e. The minimum absolute atomic E-state index is 0.0119. The van der Waals surface area contributed by atoms with Crippen LogP contribution in [0.1, 0.15) is 55.2 Å². The van der Waals surface area contributed by atoms with E-state index in [1.165, 1.54) is 18.2 Å². The van der Waals surface area contributed by atoms with Gasteiger partial charge < -0.3 is 10.5 Å². The lowest BCUT2D eigenvalue weighted by Crippen LogP contribution is -2.47. The van der Waals surface area contributed by atoms with Gasteiger partial charge in [-0.2, -0.15) is 36.7 Å². The summed E-state index contributed by atoms with van der Waals surface area (Å²) in [4.78, 5) is 31.1. The van der Waals surface area contributed by atoms with Crippen molar-refractivity contribution in [2.45, 2.75) is 57.6 Å². The van der Waals surface area contributed by atoms with Crippen molar-refractivity contribution in [1.82, 2.24) is 14.7 Å². The van der Waals surface area contributed by atoms with Gasteiger partial charge in [0.1, 0.15) is 5.54 Å². The number of hydrogen-bond acceptors (Lipinski definition) is 7. The predicted molar refractivity (Wildman–Crippen MR) is 140 cm³/mol. The Morgan fingerprint density at radius 1 is 1.29 bits per heavy atom. The van der Waals surface area contributed by atoms with Crippen molar-refractivity contribution in [1.29, 1.82) is 5.26 Å². The molecule has 2 N–H and O–H groups in total. The number of imide groups is 1. The Morgan fingerprint density at radius 2 is 1.90 bits per heavy atom. The SMILES string of the molecule is CC(C)C(=O)N(C(=O)c1cc(C(C=Nc2c(OC(F)F)c(C(F)(F)C(C)(F)F)nn2C)=CN)ccc1Cl)C1(C#N)CC1. The number of nitriles is 1. The van der Waals surface area contributed by atoms with Crippen LogP contribution in [0.2, 0.25) is 5.02 Å². The van der Waals surface area contributed by atoms with Crippen LogP contribution in [0.15, 0.2) is 29.4 Å². The standard InChI is InChI=1S/C26H25ClF6N6O3/c1-13(2)21(40)39(25(12-35)7-8-25)22(41)16-9-14(5-6-17(16)27)15(10-34)11-36-20-18(42-23(28)29)19(37-38(20)4)26(32,33)24(3,30)31/h5-6,9-11,13,23H,7-8,34H2,1-4H3. The zero-order valence-corrected chi connectivity index (χ0v) is 23.4. The van der Waals surface area contributed by atoms with E-state index in [0.29, 0.717) is 4.68 Å². The van der Waals surface area contributed by atoms with Crippen molar-refractivity contribution in [2.24, 2.45) is 23.7 Å². The molecule has 226 valence electrons. The van der Waals surface area contributed by atoms with E-state index in [0.717, 1.165) is 24.4 Å². The second kappa shape index (κ2) is 11.7. The number of halogens is 7. The number of aliphatic imine (C=N–C) groups is 1. The fraction of sp³-hybridized carbons (Fsp3) is 0.423. The zero-order chi connectivity index (χ0) is 31.8. The summed E-state index contributed by atoms with van der Waals surface area (Å²) in [5, 5.41) is 12.8. The summed E-state index contributed by atoms with van der Waals surface area (Å²) >= 11 is 6.27. The van der Waals surface area contributed by atoms with Crippen molar-refractivity contribution < 1.29 is 40.7 Å². The lowest BCUT2D eigenvalue weighted by molar-refractivity contribution is -0.208. The van der Waals surface area contributed by atoms with Crippen molar-refractivity contribution in [3.63, 3.8) is 0 Å². The average Bonchev–Trinajstić information content (AvgIpc) is 3.62. The molecule has 2 amide bonds. The number of carbonyl (C=O) groups excluding carboxylic acids is 2. The van der Waals surface area contributed by atoms with Gasteiger partial charge in [0.2, 0.25) is 5.91 Å². The minimum atomic E-state index is -5.00. The summed E-state index contributed by atoms with van der Waals surface area (Å²) in [5.74, 6) is -13.9. The van der Waals surface area contributed by atoms with Crippen molar-refractivity contribution in [3.8, 4) is 11.8 Å². The van der Waals surface area contributed by atoms with Crippen LogP contribution in [0.4, 0.5) is 32.2 Å². The first-order chi connectivity index (χ1) is 19.4. The molecule has 1 fully saturated rings. The second-order valence-corrected chi connectivity index (χ2v) is 10.2. The Morgan fingerprint density at radius 3 is 2.38 bits per heavy atom. The van der Waals surface area contributed by atoms with Gasteiger partial charge in [-0.15, -0.1) is 0 Å². The summed E-state index contributed by atoms with van der Waals surface area (Å²) in [6, 6.07) is 5.92. The minimum Gasteiger partial charge on any atom is -0.428 e. The molecule has 0 radical (unpaired) electrons. The van der Waals surface area contributed by atoms with Gasteiger partial charge in [0.25, 0.3) is 5.91 Å². The monoisotopic (exact) mass is 618 g/mol. The average molecular weight is 619 g/mol. The lowest BCUT2D eigenvalue weighted by Gasteiger charge is -2.27. The summed E-state index contributed by atoms with van der Waals surface area (Å²) in [6.07, 6.45) is 2.44. The normalized spacial score (nSPS) is 15.3. The molecule has 42 heavy (non-hydrogen) atoms. The Hall–Kier alpha value is -4.06. The summed E-state index contributed by atoms with van der Waals surface area (Å²) in [5.41, 5.74) is 2.58. The maximum atomic E-state index is 14.4. The van der Waals surface area contributed by atoms with E-state index in [2.05, 4.69) is 14.8 Å². The smallest absolute Gasteiger partial charge is 0.387 e. The number of hydrogen-bond donors (Lipinski definition) is 1. The number of aromatic nitrogens is 2. The van der Waals surface area contributed by atoms with Crippen molar-refractivity contribution in [2.75, 3.05) is 0 Å². The van der Waals surface area contributed by atoms with E-state index in [4.69, 9.17) is 17.3 Å². The first kappa shape index (κ1) is 32.5. The molecule has 1 aliphatic carbocycles. The highest BCUT2D eigenvalue weighted by molar-refractivity contribution is 6.34. The molecule has 0 unspecified atom stereocenters. The van der Waals surface area contributed by atoms with Gasteiger partial charge in [-0.05, 0) is 30.5 Å². The van der Waals surface area contributed by atoms with E-state index < -0.39 is 59.0 Å². The molecular weight excluding hydrogens is 594 g/mol. The van der Waals surface area contributed by atoms with Gasteiger partial charge in [-0.25, -0.2) is 9.67 Å². The van der Waals surface area contributed by atoms with Gasteiger partial charge in [0.15, 0.2) is 17.3 Å². The maximum absolute atomic E-state index is 14.4. The van der Waals surface area contributed by atoms with Crippen LogP contribution in [0.5, 0.6) is 5.75 Å². The molecule has 1 saturated carbocycles. The Labute approximate surface area is 241 Å². The first-order valence-electron chi connectivity index (χ1n) is 12.2. The van der Waals surface area contributed by atoms with Gasteiger partial charge in [0, 0.05) is 37.9 Å². The number of benzene rings is 1. The summed E-state index contributed by atoms with van der Waals surface area (Å²) in [7, 11) is 0.993. The molecule has 1 aromatic carbocycles. The largest absolute Gasteiger partial charge is 0.428 e. The van der Waals surface area contributed by atoms with E-state index >= 15 is 0 Å². The Kier molecular flexibility index (Phi) is 9.02. The van der Waals surface area contributed by atoms with Crippen molar-refractivity contribution in [3.05, 3.63) is 46.2 Å². The third-order valence-corrected chi connectivity index (χ3v) is 6.67. The third kappa shape index (κ3) is 6.08. The molecule has 1 aliphatic rings. The van der Waals surface area contributed by atoms with Gasteiger partial charge in [-0.3, -0.25) is 14.5 Å². The topological polar surface area (TPSA) is 127 Å². The number of amides is 2. The number of aryl methyl sites for hydroxylation is 1.